The molecule has 1 fully saturated rings. The zero-order valence-electron chi connectivity index (χ0n) is 17.9. The largest absolute Gasteiger partial charge is 0.466 e. The highest BCUT2D eigenvalue weighted by Crippen LogP contribution is 2.60. The van der Waals surface area contributed by atoms with E-state index in [1.165, 1.54) is 33.0 Å². The maximum atomic E-state index is 11.8. The van der Waals surface area contributed by atoms with Crippen molar-refractivity contribution in [3.63, 3.8) is 0 Å². The van der Waals surface area contributed by atoms with Gasteiger partial charge in [0.15, 0.2) is 0 Å². The molecule has 3 atom stereocenters. The van der Waals surface area contributed by atoms with Gasteiger partial charge in [0, 0.05) is 13.0 Å². The van der Waals surface area contributed by atoms with Gasteiger partial charge in [-0.05, 0) is 65.9 Å². The van der Waals surface area contributed by atoms with Crippen LogP contribution in [0.25, 0.3) is 0 Å². The minimum atomic E-state index is -0.458. The normalized spacial score (nSPS) is 29.3. The lowest BCUT2D eigenvalue weighted by Crippen LogP contribution is -2.48. The SMILES string of the molecule is COC(=O)C=C(CCC1C(C=O)=CCC2C(C)(C)CCCC12C)COC(C)=O. The quantitative estimate of drug-likeness (QED) is 0.366. The molecular weight excluding hydrogens is 356 g/mol. The van der Waals surface area contributed by atoms with Crippen LogP contribution in [0, 0.1) is 22.7 Å². The second-order valence-electron chi connectivity index (χ2n) is 9.16. The Bertz CT molecular complexity index is 672. The average molecular weight is 391 g/mol. The minimum Gasteiger partial charge on any atom is -0.466 e. The molecule has 2 aliphatic rings. The smallest absolute Gasteiger partial charge is 0.330 e. The van der Waals surface area contributed by atoms with Crippen LogP contribution in [-0.4, -0.2) is 31.9 Å². The topological polar surface area (TPSA) is 69.7 Å². The molecule has 0 aliphatic heterocycles. The zero-order chi connectivity index (χ0) is 20.9. The number of esters is 2. The van der Waals surface area contributed by atoms with Crippen molar-refractivity contribution >= 4 is 18.2 Å². The van der Waals surface area contributed by atoms with E-state index in [4.69, 9.17) is 9.47 Å². The van der Waals surface area contributed by atoms with Crippen LogP contribution in [0.5, 0.6) is 0 Å². The summed E-state index contributed by atoms with van der Waals surface area (Å²) in [6, 6.07) is 0. The predicted molar refractivity (Wildman–Crippen MR) is 107 cm³/mol. The fraction of sp³-hybridized carbons (Fsp3) is 0.696. The molecule has 2 rings (SSSR count). The molecule has 28 heavy (non-hydrogen) atoms. The number of carbonyl (C=O) groups is 3. The molecule has 0 spiro atoms. The molecular formula is C23H34O5. The minimum absolute atomic E-state index is 0.0601. The summed E-state index contributed by atoms with van der Waals surface area (Å²) in [5.41, 5.74) is 1.90. The predicted octanol–water partition coefficient (Wildman–Crippen LogP) is 4.41. The van der Waals surface area contributed by atoms with Gasteiger partial charge in [-0.3, -0.25) is 9.59 Å². The summed E-state index contributed by atoms with van der Waals surface area (Å²) in [4.78, 5) is 34.7. The van der Waals surface area contributed by atoms with Crippen LogP contribution in [0.2, 0.25) is 0 Å². The Morgan fingerprint density at radius 1 is 1.25 bits per heavy atom. The summed E-state index contributed by atoms with van der Waals surface area (Å²) in [5, 5.41) is 0. The number of hydrogen-bond acceptors (Lipinski definition) is 5. The van der Waals surface area contributed by atoms with Gasteiger partial charge < -0.3 is 9.47 Å². The molecule has 5 nitrogen and oxygen atoms in total. The standard InChI is InChI=1S/C23H34O5/c1-16(25)28-15-17(13-21(26)27-5)7-9-19-18(14-24)8-10-20-22(2,3)11-6-12-23(19,20)4/h8,13-14,19-20H,6-7,9-12,15H2,1-5H3. The lowest BCUT2D eigenvalue weighted by atomic mass is 9.48. The molecule has 3 unspecified atom stereocenters. The van der Waals surface area contributed by atoms with Gasteiger partial charge >= 0.3 is 11.9 Å². The molecule has 0 aromatic carbocycles. The van der Waals surface area contributed by atoms with E-state index in [2.05, 4.69) is 26.8 Å². The highest BCUT2D eigenvalue weighted by Gasteiger charge is 2.52. The maximum absolute atomic E-state index is 11.8. The van der Waals surface area contributed by atoms with Crippen molar-refractivity contribution in [1.29, 1.82) is 0 Å². The first-order chi connectivity index (χ1) is 13.1. The van der Waals surface area contributed by atoms with Crippen LogP contribution in [0.4, 0.5) is 0 Å². The fourth-order valence-electron chi connectivity index (χ4n) is 5.51. The number of aldehydes is 1. The summed E-state index contributed by atoms with van der Waals surface area (Å²) in [6.45, 7) is 8.43. The van der Waals surface area contributed by atoms with E-state index >= 15 is 0 Å². The number of carbonyl (C=O) groups excluding carboxylic acids is 3. The maximum Gasteiger partial charge on any atom is 0.330 e. The Morgan fingerprint density at radius 3 is 2.57 bits per heavy atom. The number of ether oxygens (including phenoxy) is 2. The second-order valence-corrected chi connectivity index (χ2v) is 9.16. The molecule has 156 valence electrons. The van der Waals surface area contributed by atoms with Gasteiger partial charge in [-0.25, -0.2) is 4.79 Å². The summed E-state index contributed by atoms with van der Waals surface area (Å²) < 4.78 is 9.84. The Morgan fingerprint density at radius 2 is 1.96 bits per heavy atom. The third-order valence-electron chi connectivity index (χ3n) is 6.94. The van der Waals surface area contributed by atoms with E-state index < -0.39 is 5.97 Å². The van der Waals surface area contributed by atoms with Gasteiger partial charge in [-0.2, -0.15) is 0 Å². The van der Waals surface area contributed by atoms with Crippen LogP contribution in [-0.2, 0) is 23.9 Å². The lowest BCUT2D eigenvalue weighted by molar-refractivity contribution is -0.140. The van der Waals surface area contributed by atoms with Gasteiger partial charge in [0.1, 0.15) is 12.9 Å². The molecule has 5 heteroatoms. The molecule has 0 bridgehead atoms. The molecule has 0 aromatic rings. The molecule has 0 aromatic heterocycles. The Kier molecular flexibility index (Phi) is 7.24. The molecule has 2 aliphatic carbocycles. The molecule has 0 N–H and O–H groups in total. The van der Waals surface area contributed by atoms with Crippen molar-refractivity contribution in [2.45, 2.75) is 66.2 Å². The van der Waals surface area contributed by atoms with E-state index in [-0.39, 0.29) is 29.3 Å². The van der Waals surface area contributed by atoms with Gasteiger partial charge in [0.05, 0.1) is 7.11 Å². The third kappa shape index (κ3) is 4.92. The Hall–Kier alpha value is -1.91. The van der Waals surface area contributed by atoms with E-state index in [0.717, 1.165) is 31.1 Å². The molecule has 1 saturated carbocycles. The molecule has 0 heterocycles. The number of fused-ring (bicyclic) bond motifs is 1. The third-order valence-corrected chi connectivity index (χ3v) is 6.94. The first-order valence-corrected chi connectivity index (χ1v) is 10.2. The number of methoxy groups -OCH3 is 1. The molecule has 0 amide bonds. The van der Waals surface area contributed by atoms with Crippen molar-refractivity contribution < 1.29 is 23.9 Å². The van der Waals surface area contributed by atoms with Crippen molar-refractivity contribution in [3.8, 4) is 0 Å². The number of hydrogen-bond donors (Lipinski definition) is 0. The monoisotopic (exact) mass is 390 g/mol. The Balaban J connectivity index is 2.24. The highest BCUT2D eigenvalue weighted by molar-refractivity contribution is 5.82. The highest BCUT2D eigenvalue weighted by atomic mass is 16.5. The Labute approximate surface area is 168 Å². The van der Waals surface area contributed by atoms with Crippen LogP contribution in [0.3, 0.4) is 0 Å². The molecule has 0 saturated heterocycles. The van der Waals surface area contributed by atoms with Crippen molar-refractivity contribution in [2.75, 3.05) is 13.7 Å². The first-order valence-electron chi connectivity index (χ1n) is 10.2. The van der Waals surface area contributed by atoms with Crippen LogP contribution in [0.1, 0.15) is 66.2 Å². The van der Waals surface area contributed by atoms with Crippen LogP contribution < -0.4 is 0 Å². The van der Waals surface area contributed by atoms with Crippen molar-refractivity contribution in [3.05, 3.63) is 23.3 Å². The van der Waals surface area contributed by atoms with E-state index in [1.54, 1.807) is 0 Å². The number of allylic oxidation sites excluding steroid dienone is 2. The van der Waals surface area contributed by atoms with Crippen molar-refractivity contribution in [2.24, 2.45) is 22.7 Å². The lowest BCUT2D eigenvalue weighted by Gasteiger charge is -2.56. The van der Waals surface area contributed by atoms with Crippen LogP contribution in [0.15, 0.2) is 23.3 Å². The fourth-order valence-corrected chi connectivity index (χ4v) is 5.51. The van der Waals surface area contributed by atoms with Gasteiger partial charge in [0.2, 0.25) is 0 Å². The molecule has 0 radical (unpaired) electrons. The van der Waals surface area contributed by atoms with E-state index in [9.17, 15) is 14.4 Å². The van der Waals surface area contributed by atoms with E-state index in [1.807, 2.05) is 0 Å². The van der Waals surface area contributed by atoms with E-state index in [0.29, 0.717) is 17.9 Å². The second kappa shape index (κ2) is 9.06. The number of rotatable bonds is 7. The zero-order valence-corrected chi connectivity index (χ0v) is 17.9. The van der Waals surface area contributed by atoms with Gasteiger partial charge in [-0.15, -0.1) is 0 Å². The summed E-state index contributed by atoms with van der Waals surface area (Å²) in [6.07, 6.45) is 10.3. The summed E-state index contributed by atoms with van der Waals surface area (Å²) >= 11 is 0. The summed E-state index contributed by atoms with van der Waals surface area (Å²) in [7, 11) is 1.33. The van der Waals surface area contributed by atoms with Gasteiger partial charge in [0.25, 0.3) is 0 Å². The summed E-state index contributed by atoms with van der Waals surface area (Å²) in [5.74, 6) is -0.173. The van der Waals surface area contributed by atoms with Crippen molar-refractivity contribution in [1.82, 2.24) is 0 Å². The van der Waals surface area contributed by atoms with Gasteiger partial charge in [-0.1, -0.05) is 33.3 Å². The van der Waals surface area contributed by atoms with Crippen LogP contribution >= 0.6 is 0 Å². The first kappa shape index (κ1) is 22.4. The average Bonchev–Trinajstić information content (AvgIpc) is 2.62.